The second kappa shape index (κ2) is 6.78. The average Bonchev–Trinajstić information content (AvgIpc) is 3.01. The summed E-state index contributed by atoms with van der Waals surface area (Å²) in [7, 11) is 0. The lowest BCUT2D eigenvalue weighted by Gasteiger charge is -2.48. The summed E-state index contributed by atoms with van der Waals surface area (Å²) in [5.41, 5.74) is -0.0691. The van der Waals surface area contributed by atoms with Crippen LogP contribution in [0.25, 0.3) is 0 Å². The highest BCUT2D eigenvalue weighted by atomic mass is 32.1. The Balaban J connectivity index is 1.45. The lowest BCUT2D eigenvalue weighted by atomic mass is 9.90. The molecular weight excluding hydrogens is 320 g/mol. The van der Waals surface area contributed by atoms with Gasteiger partial charge in [-0.3, -0.25) is 9.88 Å². The maximum absolute atomic E-state index is 6.30. The van der Waals surface area contributed by atoms with Gasteiger partial charge >= 0.3 is 0 Å². The quantitative estimate of drug-likeness (QED) is 0.856. The van der Waals surface area contributed by atoms with E-state index in [-0.39, 0.29) is 5.60 Å². The fourth-order valence-corrected chi connectivity index (χ4v) is 4.78. The van der Waals surface area contributed by atoms with E-state index in [1.54, 1.807) is 12.4 Å². The van der Waals surface area contributed by atoms with Crippen molar-refractivity contribution in [3.8, 4) is 0 Å². The first kappa shape index (κ1) is 16.0. The van der Waals surface area contributed by atoms with Crippen molar-refractivity contribution in [2.75, 3.05) is 37.7 Å². The van der Waals surface area contributed by atoms with E-state index in [0.29, 0.717) is 0 Å². The summed E-state index contributed by atoms with van der Waals surface area (Å²) < 4.78 is 6.30. The minimum Gasteiger partial charge on any atom is -0.370 e. The molecular formula is C18H24N4OS. The molecule has 4 heterocycles. The Bertz CT molecular complexity index is 673. The van der Waals surface area contributed by atoms with Crippen LogP contribution in [0, 0.1) is 6.92 Å². The molecule has 0 bridgehead atoms. The molecule has 24 heavy (non-hydrogen) atoms. The number of aromatic nitrogens is 2. The smallest absolute Gasteiger partial charge is 0.147 e. The molecule has 6 heteroatoms. The number of ether oxygens (including phenoxy) is 1. The minimum atomic E-state index is -0.0691. The molecule has 1 spiro atoms. The van der Waals surface area contributed by atoms with E-state index in [1.165, 1.54) is 9.75 Å². The zero-order valence-electron chi connectivity index (χ0n) is 14.1. The Hall–Kier alpha value is -1.50. The number of thiophene rings is 1. The first-order valence-electron chi connectivity index (χ1n) is 8.65. The van der Waals surface area contributed by atoms with Gasteiger partial charge < -0.3 is 9.64 Å². The summed E-state index contributed by atoms with van der Waals surface area (Å²) >= 11 is 1.90. The maximum atomic E-state index is 6.30. The summed E-state index contributed by atoms with van der Waals surface area (Å²) in [6.07, 6.45) is 7.62. The highest BCUT2D eigenvalue weighted by molar-refractivity contribution is 7.11. The number of hydrogen-bond acceptors (Lipinski definition) is 6. The van der Waals surface area contributed by atoms with E-state index >= 15 is 0 Å². The molecule has 0 amide bonds. The summed E-state index contributed by atoms with van der Waals surface area (Å²) in [6, 6.07) is 4.47. The molecule has 2 aliphatic rings. The van der Waals surface area contributed by atoms with Crippen LogP contribution >= 0.6 is 11.3 Å². The first-order chi connectivity index (χ1) is 11.7. The Labute approximate surface area is 147 Å². The SMILES string of the molecule is Cc1ccc(CN2CCO[C@@]3(CCCN(c4cnccn4)C3)C2)s1. The molecule has 0 aromatic carbocycles. The standard InChI is InChI=1S/C18H24N4OS/c1-15-3-4-16(24-15)12-21-9-10-23-18(13-21)5-2-8-22(14-18)17-11-19-6-7-20-17/h3-4,6-7,11H,2,5,8-10,12-14H2,1H3/t18-/m0/s1. The van der Waals surface area contributed by atoms with E-state index in [1.807, 2.05) is 17.5 Å². The number of aryl methyl sites for hydroxylation is 1. The van der Waals surface area contributed by atoms with Crippen molar-refractivity contribution >= 4 is 17.2 Å². The third-order valence-electron chi connectivity index (χ3n) is 4.92. The van der Waals surface area contributed by atoms with Crippen molar-refractivity contribution < 1.29 is 4.74 Å². The third kappa shape index (κ3) is 3.45. The highest BCUT2D eigenvalue weighted by Gasteiger charge is 2.40. The van der Waals surface area contributed by atoms with E-state index in [4.69, 9.17) is 4.74 Å². The molecule has 0 radical (unpaired) electrons. The van der Waals surface area contributed by atoms with Gasteiger partial charge in [-0.25, -0.2) is 4.98 Å². The fourth-order valence-electron chi connectivity index (χ4n) is 3.84. The largest absolute Gasteiger partial charge is 0.370 e. The molecule has 1 atom stereocenters. The van der Waals surface area contributed by atoms with E-state index in [0.717, 1.165) is 58.0 Å². The number of rotatable bonds is 3. The maximum Gasteiger partial charge on any atom is 0.147 e. The zero-order chi connectivity index (χ0) is 16.4. The van der Waals surface area contributed by atoms with Crippen LogP contribution in [0.5, 0.6) is 0 Å². The average molecular weight is 344 g/mol. The van der Waals surface area contributed by atoms with Crippen LogP contribution in [-0.2, 0) is 11.3 Å². The van der Waals surface area contributed by atoms with E-state index in [9.17, 15) is 0 Å². The van der Waals surface area contributed by atoms with Crippen LogP contribution in [-0.4, -0.2) is 53.3 Å². The third-order valence-corrected chi connectivity index (χ3v) is 5.90. The minimum absolute atomic E-state index is 0.0691. The Morgan fingerprint density at radius 1 is 1.25 bits per heavy atom. The molecule has 2 aromatic heterocycles. The van der Waals surface area contributed by atoms with Gasteiger partial charge in [0.1, 0.15) is 5.82 Å². The first-order valence-corrected chi connectivity index (χ1v) is 9.47. The van der Waals surface area contributed by atoms with Gasteiger partial charge in [0.2, 0.25) is 0 Å². The number of nitrogens with zero attached hydrogens (tertiary/aromatic N) is 4. The van der Waals surface area contributed by atoms with Gasteiger partial charge in [-0.2, -0.15) is 0 Å². The van der Waals surface area contributed by atoms with Crippen LogP contribution < -0.4 is 4.90 Å². The summed E-state index contributed by atoms with van der Waals surface area (Å²) in [6.45, 7) is 7.99. The lowest BCUT2D eigenvalue weighted by molar-refractivity contribution is -0.116. The van der Waals surface area contributed by atoms with Gasteiger partial charge in [0.25, 0.3) is 0 Å². The summed E-state index contributed by atoms with van der Waals surface area (Å²) in [4.78, 5) is 16.4. The van der Waals surface area contributed by atoms with Crippen molar-refractivity contribution in [1.82, 2.24) is 14.9 Å². The van der Waals surface area contributed by atoms with Crippen molar-refractivity contribution in [3.63, 3.8) is 0 Å². The van der Waals surface area contributed by atoms with Gasteiger partial charge in [0.15, 0.2) is 0 Å². The van der Waals surface area contributed by atoms with Gasteiger partial charge in [-0.05, 0) is 31.9 Å². The molecule has 0 unspecified atom stereocenters. The summed E-state index contributed by atoms with van der Waals surface area (Å²) in [5, 5.41) is 0. The van der Waals surface area contributed by atoms with Gasteiger partial charge in [0.05, 0.1) is 18.4 Å². The van der Waals surface area contributed by atoms with E-state index < -0.39 is 0 Å². The number of piperidine rings is 1. The fraction of sp³-hybridized carbons (Fsp3) is 0.556. The number of anilines is 1. The Morgan fingerprint density at radius 3 is 3.00 bits per heavy atom. The molecule has 5 nitrogen and oxygen atoms in total. The van der Waals surface area contributed by atoms with Gasteiger partial charge in [-0.1, -0.05) is 0 Å². The van der Waals surface area contributed by atoms with Crippen molar-refractivity contribution in [1.29, 1.82) is 0 Å². The van der Waals surface area contributed by atoms with Crippen LogP contribution in [0.4, 0.5) is 5.82 Å². The summed E-state index contributed by atoms with van der Waals surface area (Å²) in [5.74, 6) is 0.964. The molecule has 2 fully saturated rings. The second-order valence-corrected chi connectivity index (χ2v) is 8.22. The van der Waals surface area contributed by atoms with Crippen LogP contribution in [0.2, 0.25) is 0 Å². The molecule has 4 rings (SSSR count). The van der Waals surface area contributed by atoms with Gasteiger partial charge in [0, 0.05) is 54.9 Å². The van der Waals surface area contributed by atoms with Crippen molar-refractivity contribution in [2.24, 2.45) is 0 Å². The molecule has 128 valence electrons. The Morgan fingerprint density at radius 2 is 2.21 bits per heavy atom. The monoisotopic (exact) mass is 344 g/mol. The molecule has 2 aliphatic heterocycles. The topological polar surface area (TPSA) is 41.5 Å². The zero-order valence-corrected chi connectivity index (χ0v) is 15.0. The Kier molecular flexibility index (Phi) is 4.52. The lowest BCUT2D eigenvalue weighted by Crippen LogP contribution is -2.59. The normalized spacial score (nSPS) is 25.3. The number of morpholine rings is 1. The molecule has 2 saturated heterocycles. The number of hydrogen-bond donors (Lipinski definition) is 0. The predicted molar refractivity (Wildman–Crippen MR) is 96.5 cm³/mol. The molecule has 0 aliphatic carbocycles. The molecule has 0 N–H and O–H groups in total. The molecule has 2 aromatic rings. The van der Waals surface area contributed by atoms with Crippen LogP contribution in [0.15, 0.2) is 30.7 Å². The van der Waals surface area contributed by atoms with Gasteiger partial charge in [-0.15, -0.1) is 11.3 Å². The van der Waals surface area contributed by atoms with Crippen molar-refractivity contribution in [3.05, 3.63) is 40.5 Å². The highest BCUT2D eigenvalue weighted by Crippen LogP contribution is 2.31. The van der Waals surface area contributed by atoms with Crippen LogP contribution in [0.1, 0.15) is 22.6 Å². The van der Waals surface area contributed by atoms with Crippen molar-refractivity contribution in [2.45, 2.75) is 31.9 Å². The van der Waals surface area contributed by atoms with Crippen LogP contribution in [0.3, 0.4) is 0 Å². The second-order valence-electron chi connectivity index (χ2n) is 6.84. The van der Waals surface area contributed by atoms with E-state index in [2.05, 4.69) is 38.8 Å². The molecule has 0 saturated carbocycles. The predicted octanol–water partition coefficient (Wildman–Crippen LogP) is 2.72.